The van der Waals surface area contributed by atoms with Gasteiger partial charge in [-0.3, -0.25) is 0 Å². The van der Waals surface area contributed by atoms with Crippen LogP contribution in [0.2, 0.25) is 0 Å². The third-order valence-corrected chi connectivity index (χ3v) is 5.51. The molecule has 0 amide bonds. The van der Waals surface area contributed by atoms with Crippen LogP contribution < -0.4 is 5.30 Å². The van der Waals surface area contributed by atoms with Gasteiger partial charge in [0.05, 0.1) is 0 Å². The molecule has 0 aliphatic rings. The van der Waals surface area contributed by atoms with E-state index in [2.05, 4.69) is 29.5 Å². The molecule has 0 saturated heterocycles. The van der Waals surface area contributed by atoms with Crippen LogP contribution in [0.15, 0.2) is 30.3 Å². The predicted molar refractivity (Wildman–Crippen MR) is 66.4 cm³/mol. The Bertz CT molecular complexity index is 274. The number of hydrogen-bond acceptors (Lipinski definition) is 1. The molecule has 2 atom stereocenters. The first-order valence-corrected chi connectivity index (χ1v) is 6.98. The molecule has 1 nitrogen and oxygen atoms in total. The van der Waals surface area contributed by atoms with E-state index in [9.17, 15) is 4.57 Å². The molecule has 0 spiro atoms. The normalized spacial score (nSPS) is 13.8. The maximum absolute atomic E-state index is 11.9. The molecule has 13 heavy (non-hydrogen) atoms. The van der Waals surface area contributed by atoms with Gasteiger partial charge in [-0.15, -0.1) is 0 Å². The van der Waals surface area contributed by atoms with E-state index in [1.165, 1.54) is 0 Å². The van der Waals surface area contributed by atoms with Crippen LogP contribution in [0, 0.1) is 0 Å². The molecule has 2 unspecified atom stereocenters. The van der Waals surface area contributed by atoms with Crippen molar-refractivity contribution < 1.29 is 4.57 Å². The van der Waals surface area contributed by atoms with Gasteiger partial charge in [0.25, 0.3) is 0 Å². The largest absolute Gasteiger partial charge is 0.390 e. The number of alkyl halides is 1. The summed E-state index contributed by atoms with van der Waals surface area (Å²) in [6.45, 7) is 2.12. The summed E-state index contributed by atoms with van der Waals surface area (Å²) < 4.78 is 12.2. The Kier molecular flexibility index (Phi) is 4.89. The lowest BCUT2D eigenvalue weighted by molar-refractivity contribution is 0.590. The van der Waals surface area contributed by atoms with E-state index in [0.29, 0.717) is 0 Å². The highest BCUT2D eigenvalue weighted by Gasteiger charge is 2.28. The van der Waals surface area contributed by atoms with Gasteiger partial charge < -0.3 is 0 Å². The zero-order valence-electron chi connectivity index (χ0n) is 7.61. The molecule has 0 N–H and O–H groups in total. The smallest absolute Gasteiger partial charge is 0.0668 e. The van der Waals surface area contributed by atoms with Crippen LogP contribution in [0.3, 0.4) is 0 Å². The molecule has 1 aromatic rings. The lowest BCUT2D eigenvalue weighted by Crippen LogP contribution is -2.02. The summed E-state index contributed by atoms with van der Waals surface area (Å²) >= 11 is 2.29. The van der Waals surface area contributed by atoms with Crippen molar-refractivity contribution in [2.75, 3.05) is 0 Å². The van der Waals surface area contributed by atoms with Crippen molar-refractivity contribution >= 4 is 35.7 Å². The first kappa shape index (κ1) is 11.1. The van der Waals surface area contributed by atoms with Gasteiger partial charge in [-0.2, -0.15) is 0 Å². The molecule has 0 aliphatic carbocycles. The maximum atomic E-state index is 11.9. The van der Waals surface area contributed by atoms with Gasteiger partial charge in [-0.1, -0.05) is 36.1 Å². The van der Waals surface area contributed by atoms with Crippen molar-refractivity contribution in [3.8, 4) is 0 Å². The van der Waals surface area contributed by atoms with E-state index in [4.69, 9.17) is 0 Å². The van der Waals surface area contributed by atoms with Crippen molar-refractivity contribution in [3.05, 3.63) is 30.3 Å². The van der Waals surface area contributed by atoms with Gasteiger partial charge >= 0.3 is 7.80 Å². The van der Waals surface area contributed by atoms with E-state index in [1.807, 2.05) is 30.3 Å². The quantitative estimate of drug-likeness (QED) is 0.471. The van der Waals surface area contributed by atoms with Crippen LogP contribution in [0.1, 0.15) is 19.8 Å². The van der Waals surface area contributed by atoms with Gasteiger partial charge in [-0.05, 0) is 34.7 Å². The van der Waals surface area contributed by atoms with Crippen molar-refractivity contribution in [3.63, 3.8) is 0 Å². The van der Waals surface area contributed by atoms with Crippen LogP contribution in [0.25, 0.3) is 0 Å². The van der Waals surface area contributed by atoms with Crippen molar-refractivity contribution in [1.82, 2.24) is 0 Å². The fourth-order valence-corrected chi connectivity index (χ4v) is 3.96. The van der Waals surface area contributed by atoms with E-state index >= 15 is 0 Å². The second kappa shape index (κ2) is 5.71. The molecule has 0 radical (unpaired) electrons. The van der Waals surface area contributed by atoms with Gasteiger partial charge in [0.1, 0.15) is 0 Å². The Balaban J connectivity index is 2.68. The summed E-state index contributed by atoms with van der Waals surface area (Å²) in [6, 6.07) is 9.73. The standard InChI is InChI=1S/C10H13IOP/c1-2-6-10(11)13(12)9-7-4-3-5-8-9/h3-5,7-8,10H,2,6H2,1H3/q+1. The van der Waals surface area contributed by atoms with E-state index in [0.717, 1.165) is 18.1 Å². The summed E-state index contributed by atoms with van der Waals surface area (Å²) in [5, 5.41) is 0.977. The number of rotatable bonds is 4. The molecular formula is C10H13IOP+. The Morgan fingerprint density at radius 2 is 2.00 bits per heavy atom. The third-order valence-electron chi connectivity index (χ3n) is 1.79. The zero-order valence-corrected chi connectivity index (χ0v) is 10.7. The van der Waals surface area contributed by atoms with E-state index < -0.39 is 7.80 Å². The van der Waals surface area contributed by atoms with Crippen LogP contribution in [-0.4, -0.2) is 3.67 Å². The summed E-state index contributed by atoms with van der Waals surface area (Å²) in [7, 11) is -1.21. The topological polar surface area (TPSA) is 17.1 Å². The minimum Gasteiger partial charge on any atom is -0.0668 e. The second-order valence-corrected chi connectivity index (χ2v) is 7.16. The second-order valence-electron chi connectivity index (χ2n) is 2.88. The zero-order chi connectivity index (χ0) is 9.68. The fourth-order valence-electron chi connectivity index (χ4n) is 1.09. The minimum atomic E-state index is -1.21. The van der Waals surface area contributed by atoms with Gasteiger partial charge in [0.2, 0.25) is 3.67 Å². The lowest BCUT2D eigenvalue weighted by atomic mass is 10.4. The SMILES string of the molecule is CCCC(I)[P+](=O)c1ccccc1. The average Bonchev–Trinajstić information content (AvgIpc) is 2.18. The summed E-state index contributed by atoms with van der Waals surface area (Å²) in [5.41, 5.74) is 0. The molecule has 0 fully saturated rings. The highest BCUT2D eigenvalue weighted by molar-refractivity contribution is 14.1. The molecule has 3 heteroatoms. The van der Waals surface area contributed by atoms with Crippen molar-refractivity contribution in [2.45, 2.75) is 23.4 Å². The van der Waals surface area contributed by atoms with Gasteiger partial charge in [0.15, 0.2) is 5.30 Å². The number of hydrogen-bond donors (Lipinski definition) is 0. The van der Waals surface area contributed by atoms with Crippen molar-refractivity contribution in [2.24, 2.45) is 0 Å². The van der Waals surface area contributed by atoms with Crippen LogP contribution in [0.4, 0.5) is 0 Å². The van der Waals surface area contributed by atoms with Gasteiger partial charge in [-0.25, -0.2) is 0 Å². The fraction of sp³-hybridized carbons (Fsp3) is 0.400. The Hall–Kier alpha value is 0.0500. The van der Waals surface area contributed by atoms with E-state index in [-0.39, 0.29) is 3.67 Å². The molecule has 70 valence electrons. The highest BCUT2D eigenvalue weighted by Crippen LogP contribution is 2.35. The molecule has 0 aromatic heterocycles. The minimum absolute atomic E-state index is 0.278. The Morgan fingerprint density at radius 1 is 1.38 bits per heavy atom. The monoisotopic (exact) mass is 307 g/mol. The molecule has 0 aliphatic heterocycles. The first-order chi connectivity index (χ1) is 6.25. The summed E-state index contributed by atoms with van der Waals surface area (Å²) in [5.74, 6) is 0. The Labute approximate surface area is 93.9 Å². The third kappa shape index (κ3) is 3.35. The summed E-state index contributed by atoms with van der Waals surface area (Å²) in [6.07, 6.45) is 2.13. The van der Waals surface area contributed by atoms with Crippen molar-refractivity contribution in [1.29, 1.82) is 0 Å². The maximum Gasteiger partial charge on any atom is 0.390 e. The molecule has 1 rings (SSSR count). The molecule has 0 heterocycles. The number of halogens is 1. The molecule has 0 saturated carbocycles. The molecule has 1 aromatic carbocycles. The molecule has 0 bridgehead atoms. The number of benzene rings is 1. The predicted octanol–water partition coefficient (Wildman–Crippen LogP) is 3.70. The Morgan fingerprint density at radius 3 is 2.54 bits per heavy atom. The van der Waals surface area contributed by atoms with Crippen LogP contribution in [-0.2, 0) is 4.57 Å². The summed E-state index contributed by atoms with van der Waals surface area (Å²) in [4.78, 5) is 0. The highest BCUT2D eigenvalue weighted by atomic mass is 127. The first-order valence-electron chi connectivity index (χ1n) is 4.41. The average molecular weight is 307 g/mol. The van der Waals surface area contributed by atoms with Crippen LogP contribution in [0.5, 0.6) is 0 Å². The van der Waals surface area contributed by atoms with Gasteiger partial charge in [0, 0.05) is 6.42 Å². The van der Waals surface area contributed by atoms with Crippen LogP contribution >= 0.6 is 30.4 Å². The molecular weight excluding hydrogens is 294 g/mol. The van der Waals surface area contributed by atoms with E-state index in [1.54, 1.807) is 0 Å². The lowest BCUT2D eigenvalue weighted by Gasteiger charge is -1.95.